The van der Waals surface area contributed by atoms with E-state index in [9.17, 15) is 14.4 Å². The lowest BCUT2D eigenvalue weighted by Gasteiger charge is -2.18. The summed E-state index contributed by atoms with van der Waals surface area (Å²) in [5, 5.41) is 2.67. The normalized spacial score (nSPS) is 14.8. The van der Waals surface area contributed by atoms with Crippen LogP contribution in [-0.2, 0) is 19.1 Å². The minimum Gasteiger partial charge on any atom is -0.494 e. The van der Waals surface area contributed by atoms with Crippen LogP contribution in [0.2, 0.25) is 0 Å². The molecule has 0 bridgehead atoms. The smallest absolute Gasteiger partial charge is 0.311 e. The highest BCUT2D eigenvalue weighted by Crippen LogP contribution is 2.33. The Kier molecular flexibility index (Phi) is 8.86. The minimum atomic E-state index is -0.646. The zero-order chi connectivity index (χ0) is 27.9. The topological polar surface area (TPSA) is 94.2 Å². The Morgan fingerprint density at radius 2 is 1.69 bits per heavy atom. The highest BCUT2D eigenvalue weighted by molar-refractivity contribution is 6.00. The molecule has 1 fully saturated rings. The second-order valence-corrected chi connectivity index (χ2v) is 9.81. The molecular formula is C31H34N2O6. The van der Waals surface area contributed by atoms with Crippen LogP contribution in [0.1, 0.15) is 44.2 Å². The van der Waals surface area contributed by atoms with Crippen LogP contribution in [0.3, 0.4) is 0 Å². The number of anilines is 2. The predicted octanol–water partition coefficient (Wildman–Crippen LogP) is 5.84. The average Bonchev–Trinajstić information content (AvgIpc) is 3.30. The van der Waals surface area contributed by atoms with E-state index in [0.717, 1.165) is 16.9 Å². The second-order valence-electron chi connectivity index (χ2n) is 9.81. The van der Waals surface area contributed by atoms with Gasteiger partial charge in [0.25, 0.3) is 5.91 Å². The van der Waals surface area contributed by atoms with Crippen molar-refractivity contribution in [2.75, 3.05) is 30.0 Å². The Morgan fingerprint density at radius 1 is 1.00 bits per heavy atom. The molecule has 8 heteroatoms. The summed E-state index contributed by atoms with van der Waals surface area (Å²) in [4.78, 5) is 39.0. The molecule has 0 aliphatic carbocycles. The molecular weight excluding hydrogens is 496 g/mol. The van der Waals surface area contributed by atoms with E-state index in [-0.39, 0.29) is 18.9 Å². The largest absolute Gasteiger partial charge is 0.494 e. The van der Waals surface area contributed by atoms with Crippen LogP contribution in [0, 0.1) is 12.8 Å². The fraction of sp³-hybridized carbons (Fsp3) is 0.323. The van der Waals surface area contributed by atoms with Crippen LogP contribution in [0.5, 0.6) is 17.2 Å². The molecule has 0 aromatic heterocycles. The van der Waals surface area contributed by atoms with Gasteiger partial charge in [-0.1, -0.05) is 26.0 Å². The molecule has 3 aromatic carbocycles. The first-order valence-electron chi connectivity index (χ1n) is 13.1. The maximum absolute atomic E-state index is 12.7. The first-order chi connectivity index (χ1) is 18.7. The van der Waals surface area contributed by atoms with Gasteiger partial charge in [-0.2, -0.15) is 0 Å². The summed E-state index contributed by atoms with van der Waals surface area (Å²) in [6.07, 6.45) is 0.0264. The van der Waals surface area contributed by atoms with Gasteiger partial charge in [0.05, 0.1) is 12.5 Å². The molecule has 204 valence electrons. The lowest BCUT2D eigenvalue weighted by Crippen LogP contribution is -2.28. The number of amides is 2. The van der Waals surface area contributed by atoms with Crippen molar-refractivity contribution >= 4 is 29.2 Å². The van der Waals surface area contributed by atoms with Gasteiger partial charge in [0.15, 0.2) is 6.61 Å². The van der Waals surface area contributed by atoms with Crippen LogP contribution in [0.25, 0.3) is 0 Å². The highest BCUT2D eigenvalue weighted by atomic mass is 16.5. The number of nitrogens with zero attached hydrogens (tertiary/aromatic N) is 1. The van der Waals surface area contributed by atoms with Gasteiger partial charge in [-0.3, -0.25) is 14.4 Å². The Hall–Kier alpha value is -4.33. The Labute approximate surface area is 228 Å². The first kappa shape index (κ1) is 27.7. The number of esters is 1. The Bertz CT molecular complexity index is 1320. The van der Waals surface area contributed by atoms with Crippen LogP contribution in [0.15, 0.2) is 66.7 Å². The van der Waals surface area contributed by atoms with Crippen LogP contribution < -0.4 is 19.7 Å². The molecule has 3 aromatic rings. The van der Waals surface area contributed by atoms with Gasteiger partial charge < -0.3 is 24.4 Å². The molecule has 1 atom stereocenters. The molecule has 2 amide bonds. The summed E-state index contributed by atoms with van der Waals surface area (Å²) >= 11 is 0. The monoisotopic (exact) mass is 530 g/mol. The zero-order valence-corrected chi connectivity index (χ0v) is 22.7. The summed E-state index contributed by atoms with van der Waals surface area (Å²) in [5.41, 5.74) is 3.47. The van der Waals surface area contributed by atoms with Gasteiger partial charge in [0.2, 0.25) is 5.91 Å². The Morgan fingerprint density at radius 3 is 2.36 bits per heavy atom. The van der Waals surface area contributed by atoms with Crippen molar-refractivity contribution in [3.63, 3.8) is 0 Å². The number of benzene rings is 3. The number of hydrogen-bond donors (Lipinski definition) is 1. The van der Waals surface area contributed by atoms with Crippen molar-refractivity contribution in [1.29, 1.82) is 0 Å². The quantitative estimate of drug-likeness (QED) is 0.331. The third-order valence-electron chi connectivity index (χ3n) is 6.42. The summed E-state index contributed by atoms with van der Waals surface area (Å²) < 4.78 is 16.7. The van der Waals surface area contributed by atoms with Crippen molar-refractivity contribution in [3.05, 3.63) is 77.9 Å². The van der Waals surface area contributed by atoms with Crippen LogP contribution >= 0.6 is 0 Å². The number of aryl methyl sites for hydroxylation is 1. The maximum Gasteiger partial charge on any atom is 0.311 e. The van der Waals surface area contributed by atoms with Gasteiger partial charge >= 0.3 is 5.97 Å². The summed E-state index contributed by atoms with van der Waals surface area (Å²) in [6, 6.07) is 20.3. The van der Waals surface area contributed by atoms with Crippen LogP contribution in [0.4, 0.5) is 11.4 Å². The summed E-state index contributed by atoms with van der Waals surface area (Å²) in [7, 11) is 0. The summed E-state index contributed by atoms with van der Waals surface area (Å²) in [5.74, 6) is 0.629. The molecule has 1 heterocycles. The number of carbonyl (C=O) groups excluding carboxylic acids is 3. The molecule has 0 unspecified atom stereocenters. The third kappa shape index (κ3) is 7.16. The number of ether oxygens (including phenoxy) is 3. The minimum absolute atomic E-state index is 0.0264. The van der Waals surface area contributed by atoms with E-state index in [0.29, 0.717) is 35.4 Å². The molecule has 0 radical (unpaired) electrons. The van der Waals surface area contributed by atoms with Gasteiger partial charge in [-0.15, -0.1) is 0 Å². The van der Waals surface area contributed by atoms with Gasteiger partial charge in [-0.05, 0) is 85.5 Å². The molecule has 1 aliphatic rings. The van der Waals surface area contributed by atoms with Gasteiger partial charge in [0, 0.05) is 24.3 Å². The van der Waals surface area contributed by atoms with Crippen LogP contribution in [-0.4, -0.2) is 37.5 Å². The van der Waals surface area contributed by atoms with E-state index in [2.05, 4.69) is 31.3 Å². The van der Waals surface area contributed by atoms with E-state index in [1.54, 1.807) is 41.3 Å². The van der Waals surface area contributed by atoms with Gasteiger partial charge in [0.1, 0.15) is 17.2 Å². The van der Waals surface area contributed by atoms with E-state index >= 15 is 0 Å². The molecule has 1 aliphatic heterocycles. The van der Waals surface area contributed by atoms with Crippen molar-refractivity contribution in [3.8, 4) is 17.2 Å². The first-order valence-corrected chi connectivity index (χ1v) is 13.1. The SMILES string of the molecule is CCOc1ccc(NC(=O)COC(=O)[C@@H]2CC(=O)N(c3ccc(Oc4cc(C)ccc4C(C)C)cc3)C2)cc1. The van der Waals surface area contributed by atoms with Crippen molar-refractivity contribution in [1.82, 2.24) is 0 Å². The third-order valence-corrected chi connectivity index (χ3v) is 6.42. The predicted molar refractivity (Wildman–Crippen MR) is 149 cm³/mol. The fourth-order valence-electron chi connectivity index (χ4n) is 4.40. The number of rotatable bonds is 10. The summed E-state index contributed by atoms with van der Waals surface area (Å²) in [6.45, 7) is 8.46. The molecule has 0 saturated carbocycles. The zero-order valence-electron chi connectivity index (χ0n) is 22.7. The number of nitrogens with one attached hydrogen (secondary N) is 1. The van der Waals surface area contributed by atoms with Gasteiger partial charge in [-0.25, -0.2) is 0 Å². The standard InChI is InChI=1S/C31H34N2O6/c1-5-37-25-11-7-23(8-12-25)32-29(34)19-38-31(36)22-17-30(35)33(18-22)24-9-13-26(14-10-24)39-28-16-21(4)6-15-27(28)20(2)3/h6-16,20,22H,5,17-19H2,1-4H3,(H,32,34)/t22-/m1/s1. The molecule has 4 rings (SSSR count). The van der Waals surface area contributed by atoms with Crippen molar-refractivity contribution < 1.29 is 28.6 Å². The van der Waals surface area contributed by atoms with Crippen molar-refractivity contribution in [2.24, 2.45) is 5.92 Å². The maximum atomic E-state index is 12.7. The molecule has 0 spiro atoms. The lowest BCUT2D eigenvalue weighted by atomic mass is 10.0. The number of carbonyl (C=O) groups is 3. The van der Waals surface area contributed by atoms with E-state index in [1.807, 2.05) is 32.0 Å². The van der Waals surface area contributed by atoms with E-state index < -0.39 is 24.4 Å². The molecule has 8 nitrogen and oxygen atoms in total. The van der Waals surface area contributed by atoms with Crippen molar-refractivity contribution in [2.45, 2.75) is 40.0 Å². The average molecular weight is 531 g/mol. The highest BCUT2D eigenvalue weighted by Gasteiger charge is 2.36. The molecule has 1 N–H and O–H groups in total. The fourth-order valence-corrected chi connectivity index (χ4v) is 4.40. The second kappa shape index (κ2) is 12.5. The molecule has 39 heavy (non-hydrogen) atoms. The van der Waals surface area contributed by atoms with E-state index in [4.69, 9.17) is 14.2 Å². The molecule has 1 saturated heterocycles. The lowest BCUT2D eigenvalue weighted by molar-refractivity contribution is -0.151. The van der Waals surface area contributed by atoms with E-state index in [1.165, 1.54) is 0 Å². The number of hydrogen-bond acceptors (Lipinski definition) is 6. The Balaban J connectivity index is 1.30.